The molecule has 0 spiro atoms. The molecule has 0 radical (unpaired) electrons. The molecule has 0 saturated heterocycles. The summed E-state index contributed by atoms with van der Waals surface area (Å²) in [5.74, 6) is -1.04. The van der Waals surface area contributed by atoms with Gasteiger partial charge >= 0.3 is 5.97 Å². The van der Waals surface area contributed by atoms with Crippen molar-refractivity contribution in [2.45, 2.75) is 0 Å². The van der Waals surface area contributed by atoms with Crippen LogP contribution in [0.15, 0.2) is 137 Å². The Morgan fingerprint density at radius 1 is 0.744 bits per heavy atom. The van der Waals surface area contributed by atoms with Crippen LogP contribution in [-0.2, 0) is 14.1 Å². The number of hydrogen-bond donors (Lipinski definition) is 1. The summed E-state index contributed by atoms with van der Waals surface area (Å²) in [5, 5.41) is 13.0. The van der Waals surface area contributed by atoms with Gasteiger partial charge in [0.25, 0.3) is 0 Å². The molecule has 196 valence electrons. The van der Waals surface area contributed by atoms with Gasteiger partial charge in [-0.2, -0.15) is 5.26 Å². The minimum absolute atomic E-state index is 0.195. The second-order valence-electron chi connectivity index (χ2n) is 8.76. The molecule has 4 aromatic carbocycles. The van der Waals surface area contributed by atoms with Crippen molar-refractivity contribution in [1.82, 2.24) is 0 Å². The van der Waals surface area contributed by atoms with Crippen molar-refractivity contribution in [2.75, 3.05) is 19.4 Å². The van der Waals surface area contributed by atoms with Gasteiger partial charge in [0.2, 0.25) is 0 Å². The number of hydrogen-bond acceptors (Lipinski definition) is 6. The van der Waals surface area contributed by atoms with Gasteiger partial charge in [-0.1, -0.05) is 121 Å². The quantitative estimate of drug-likeness (QED) is 0.140. The fraction of sp³-hybridized carbons (Fsp3) is 0.0968. The van der Waals surface area contributed by atoms with E-state index in [9.17, 15) is 14.6 Å². The van der Waals surface area contributed by atoms with Gasteiger partial charge < -0.3 is 15.0 Å². The monoisotopic (exact) mass is 553 g/mol. The van der Waals surface area contributed by atoms with E-state index < -0.39 is 20.2 Å². The van der Waals surface area contributed by atoms with Crippen molar-refractivity contribution >= 4 is 41.4 Å². The van der Waals surface area contributed by atoms with Gasteiger partial charge in [0, 0.05) is 23.8 Å². The fourth-order valence-corrected chi connectivity index (χ4v) is 11.8. The van der Waals surface area contributed by atoms with Gasteiger partial charge in [-0.15, -0.1) is 0 Å². The summed E-state index contributed by atoms with van der Waals surface area (Å²) in [4.78, 5) is 12.4. The summed E-state index contributed by atoms with van der Waals surface area (Å²) in [5.41, 5.74) is 6.02. The Balaban J connectivity index is 1.99. The molecular formula is C31H29N3O3P2. The van der Waals surface area contributed by atoms with E-state index in [0.29, 0.717) is 12.3 Å². The molecule has 6 nitrogen and oxygen atoms in total. The van der Waals surface area contributed by atoms with Crippen LogP contribution in [0, 0.1) is 11.3 Å². The highest BCUT2D eigenvalue weighted by Crippen LogP contribution is 2.53. The number of methoxy groups -OCH3 is 1. The molecule has 39 heavy (non-hydrogen) atoms. The zero-order valence-electron chi connectivity index (χ0n) is 21.6. The Morgan fingerprint density at radius 3 is 1.49 bits per heavy atom. The van der Waals surface area contributed by atoms with Gasteiger partial charge in [-0.05, 0) is 16.8 Å². The van der Waals surface area contributed by atoms with Gasteiger partial charge in [0.15, 0.2) is 5.57 Å². The van der Waals surface area contributed by atoms with E-state index in [1.807, 2.05) is 127 Å². The first-order chi connectivity index (χ1) is 18.9. The van der Waals surface area contributed by atoms with Gasteiger partial charge in [0.1, 0.15) is 19.0 Å². The minimum Gasteiger partial charge on any atom is -0.465 e. The zero-order valence-corrected chi connectivity index (χ0v) is 23.3. The Hall–Kier alpha value is -4.16. The number of nitrogens with zero attached hydrogens (tertiary/aromatic N) is 2. The van der Waals surface area contributed by atoms with Crippen LogP contribution in [0.2, 0.25) is 0 Å². The number of rotatable bonds is 9. The van der Waals surface area contributed by atoms with E-state index in [0.717, 1.165) is 21.2 Å². The van der Waals surface area contributed by atoms with Crippen LogP contribution in [0.5, 0.6) is 0 Å². The lowest BCUT2D eigenvalue weighted by Gasteiger charge is -2.29. The molecule has 0 heterocycles. The molecule has 0 aliphatic heterocycles. The molecule has 0 aliphatic carbocycles. The average Bonchev–Trinajstić information content (AvgIpc) is 3.01. The highest BCUT2D eigenvalue weighted by atomic mass is 31.2. The standard InChI is InChI=1S/C31H29N3O3P2/c1-37-31(35)29(24-32)30(33)34-38(25-14-6-2-7-15-25,26-16-8-3-9-17-26)22-23-39(36,27-18-10-4-11-19-27)28-20-12-5-13-21-28/h2-21H,22-23,33H2,1H3/b30-29+. The van der Waals surface area contributed by atoms with Crippen molar-refractivity contribution in [2.24, 2.45) is 10.5 Å². The molecule has 4 rings (SSSR count). The van der Waals surface area contributed by atoms with Crippen LogP contribution in [0.4, 0.5) is 0 Å². The van der Waals surface area contributed by atoms with Crippen LogP contribution in [0.1, 0.15) is 0 Å². The maximum atomic E-state index is 15.0. The van der Waals surface area contributed by atoms with Crippen LogP contribution < -0.4 is 27.0 Å². The summed E-state index contributed by atoms with van der Waals surface area (Å²) in [6.07, 6.45) is 0.693. The van der Waals surface area contributed by atoms with E-state index in [1.165, 1.54) is 7.11 Å². The van der Waals surface area contributed by atoms with E-state index in [1.54, 1.807) is 0 Å². The number of nitriles is 1. The summed E-state index contributed by atoms with van der Waals surface area (Å²) in [7, 11) is -4.71. The zero-order chi connectivity index (χ0) is 27.7. The third-order valence-electron chi connectivity index (χ3n) is 6.49. The second-order valence-corrected chi connectivity index (χ2v) is 14.9. The van der Waals surface area contributed by atoms with Crippen LogP contribution in [0.3, 0.4) is 0 Å². The molecule has 8 heteroatoms. The predicted molar refractivity (Wildman–Crippen MR) is 160 cm³/mol. The smallest absolute Gasteiger partial charge is 0.352 e. The normalized spacial score (nSPS) is 12.1. The lowest BCUT2D eigenvalue weighted by atomic mass is 10.3. The molecule has 0 aliphatic rings. The lowest BCUT2D eigenvalue weighted by molar-refractivity contribution is -0.135. The fourth-order valence-electron chi connectivity index (χ4n) is 4.50. The van der Waals surface area contributed by atoms with Crippen molar-refractivity contribution in [1.29, 1.82) is 5.26 Å². The van der Waals surface area contributed by atoms with E-state index >= 15 is 0 Å². The third kappa shape index (κ3) is 5.96. The lowest BCUT2D eigenvalue weighted by Crippen LogP contribution is -2.25. The van der Waals surface area contributed by atoms with Gasteiger partial charge in [0.05, 0.1) is 7.11 Å². The number of esters is 1. The maximum Gasteiger partial charge on any atom is 0.352 e. The highest BCUT2D eigenvalue weighted by molar-refractivity contribution is 7.83. The first-order valence-electron chi connectivity index (χ1n) is 12.4. The topological polar surface area (TPSA) is 106 Å². The molecule has 0 bridgehead atoms. The number of ether oxygens (including phenoxy) is 1. The van der Waals surface area contributed by atoms with Crippen LogP contribution in [0.25, 0.3) is 0 Å². The third-order valence-corrected chi connectivity index (χ3v) is 13.7. The number of benzene rings is 4. The SMILES string of the molecule is COC(=O)/C(C#N)=C(\N)N=P(CCP(=O)(c1ccccc1)c1ccccc1)(c1ccccc1)c1ccccc1. The van der Waals surface area contributed by atoms with Crippen molar-refractivity contribution in [3.8, 4) is 6.07 Å². The minimum atomic E-state index is -3.11. The Labute approximate surface area is 229 Å². The number of nitrogens with two attached hydrogens (primary N) is 1. The van der Waals surface area contributed by atoms with Crippen LogP contribution in [-0.4, -0.2) is 25.4 Å². The van der Waals surface area contributed by atoms with Crippen molar-refractivity contribution in [3.63, 3.8) is 0 Å². The summed E-state index contributed by atoms with van der Waals surface area (Å²) in [6.45, 7) is 0. The molecule has 0 aromatic heterocycles. The molecular weight excluding hydrogens is 524 g/mol. The molecule has 0 saturated carbocycles. The van der Waals surface area contributed by atoms with Gasteiger partial charge in [-0.25, -0.2) is 9.54 Å². The summed E-state index contributed by atoms with van der Waals surface area (Å²) in [6, 6.07) is 40.2. The largest absolute Gasteiger partial charge is 0.465 e. The Bertz CT molecular complexity index is 1510. The second kappa shape index (κ2) is 12.6. The molecule has 0 amide bonds. The molecule has 0 unspecified atom stereocenters. The number of carbonyl (C=O) groups is 1. The maximum absolute atomic E-state index is 15.0. The van der Waals surface area contributed by atoms with E-state index in [-0.39, 0.29) is 11.4 Å². The van der Waals surface area contributed by atoms with Crippen molar-refractivity contribution < 1.29 is 14.1 Å². The Morgan fingerprint density at radius 2 is 1.13 bits per heavy atom. The first kappa shape index (κ1) is 27.9. The molecule has 0 atom stereocenters. The summed E-state index contributed by atoms with van der Waals surface area (Å²) >= 11 is 0. The number of carbonyl (C=O) groups excluding carboxylic acids is 1. The molecule has 2 N–H and O–H groups in total. The van der Waals surface area contributed by atoms with Gasteiger partial charge in [-0.3, -0.25) is 0 Å². The highest BCUT2D eigenvalue weighted by Gasteiger charge is 2.33. The first-order valence-corrected chi connectivity index (χ1v) is 16.2. The summed E-state index contributed by atoms with van der Waals surface area (Å²) < 4.78 is 24.8. The average molecular weight is 554 g/mol. The van der Waals surface area contributed by atoms with E-state index in [4.69, 9.17) is 15.2 Å². The predicted octanol–water partition coefficient (Wildman–Crippen LogP) is 4.72. The van der Waals surface area contributed by atoms with E-state index in [2.05, 4.69) is 0 Å². The Kier molecular flexibility index (Phi) is 8.99. The van der Waals surface area contributed by atoms with Crippen LogP contribution >= 0.6 is 14.2 Å². The molecule has 0 fully saturated rings. The molecule has 4 aromatic rings. The van der Waals surface area contributed by atoms with Crippen molar-refractivity contribution in [3.05, 3.63) is 133 Å².